The first kappa shape index (κ1) is 16.4. The van der Waals surface area contributed by atoms with Crippen molar-refractivity contribution in [3.05, 3.63) is 0 Å². The highest BCUT2D eigenvalue weighted by molar-refractivity contribution is 5.75. The minimum Gasteiger partial charge on any atom is -0.465 e. The van der Waals surface area contributed by atoms with Gasteiger partial charge in [-0.05, 0) is 40.3 Å². The van der Waals surface area contributed by atoms with E-state index in [9.17, 15) is 4.79 Å². The molecular formula is C13H28N2O2. The summed E-state index contributed by atoms with van der Waals surface area (Å²) in [6.45, 7) is 9.45. The van der Waals surface area contributed by atoms with Crippen LogP contribution in [0.1, 0.15) is 34.1 Å². The lowest BCUT2D eigenvalue weighted by Crippen LogP contribution is -2.47. The summed E-state index contributed by atoms with van der Waals surface area (Å²) in [6, 6.07) is 0.0862. The number of hydrogen-bond donors (Lipinski definition) is 1. The number of carbonyl (C=O) groups is 1. The summed E-state index contributed by atoms with van der Waals surface area (Å²) >= 11 is 0. The van der Waals surface area contributed by atoms with Crippen LogP contribution in [0.5, 0.6) is 0 Å². The number of ether oxygens (including phenoxy) is 1. The summed E-state index contributed by atoms with van der Waals surface area (Å²) in [7, 11) is 4.09. The van der Waals surface area contributed by atoms with Crippen molar-refractivity contribution in [1.29, 1.82) is 0 Å². The predicted molar refractivity (Wildman–Crippen MR) is 71.0 cm³/mol. The first-order chi connectivity index (χ1) is 7.86. The van der Waals surface area contributed by atoms with Crippen LogP contribution >= 0.6 is 0 Å². The molecule has 2 unspecified atom stereocenters. The van der Waals surface area contributed by atoms with Gasteiger partial charge >= 0.3 is 5.97 Å². The van der Waals surface area contributed by atoms with E-state index >= 15 is 0 Å². The lowest BCUT2D eigenvalue weighted by Gasteiger charge is -2.26. The van der Waals surface area contributed by atoms with Crippen molar-refractivity contribution >= 4 is 5.97 Å². The van der Waals surface area contributed by atoms with Crippen LogP contribution in [0.3, 0.4) is 0 Å². The van der Waals surface area contributed by atoms with Crippen LogP contribution in [-0.4, -0.2) is 50.2 Å². The Balaban J connectivity index is 4.25. The molecule has 0 radical (unpaired) electrons. The lowest BCUT2D eigenvalue weighted by atomic mass is 10.0. The molecular weight excluding hydrogens is 216 g/mol. The monoisotopic (exact) mass is 244 g/mol. The number of nitrogens with zero attached hydrogens (tertiary/aromatic N) is 1. The predicted octanol–water partition coefficient (Wildman–Crippen LogP) is 1.50. The zero-order valence-electron chi connectivity index (χ0n) is 12.1. The van der Waals surface area contributed by atoms with Gasteiger partial charge in [-0.1, -0.05) is 13.8 Å². The van der Waals surface area contributed by atoms with Gasteiger partial charge in [0.05, 0.1) is 6.61 Å². The molecule has 0 spiro atoms. The number of likely N-dealkylation sites (N-methyl/N-ethyl adjacent to an activating group) is 1. The van der Waals surface area contributed by atoms with Crippen LogP contribution in [0.2, 0.25) is 0 Å². The Morgan fingerprint density at radius 3 is 2.29 bits per heavy atom. The highest BCUT2D eigenvalue weighted by atomic mass is 16.5. The molecule has 0 heterocycles. The second-order valence-corrected chi connectivity index (χ2v) is 5.23. The first-order valence-electron chi connectivity index (χ1n) is 6.44. The maximum absolute atomic E-state index is 11.6. The van der Waals surface area contributed by atoms with Crippen LogP contribution < -0.4 is 5.32 Å². The molecule has 4 nitrogen and oxygen atoms in total. The summed E-state index contributed by atoms with van der Waals surface area (Å²) in [5, 5.41) is 3.35. The molecule has 102 valence electrons. The molecule has 0 bridgehead atoms. The molecule has 0 fully saturated rings. The Morgan fingerprint density at radius 2 is 1.88 bits per heavy atom. The third kappa shape index (κ3) is 8.16. The first-order valence-corrected chi connectivity index (χ1v) is 6.44. The third-order valence-corrected chi connectivity index (χ3v) is 2.47. The van der Waals surface area contributed by atoms with E-state index in [1.165, 1.54) is 0 Å². The van der Waals surface area contributed by atoms with E-state index in [4.69, 9.17) is 4.74 Å². The van der Waals surface area contributed by atoms with Gasteiger partial charge in [0.15, 0.2) is 0 Å². The quantitative estimate of drug-likeness (QED) is 0.657. The van der Waals surface area contributed by atoms with E-state index in [1.54, 1.807) is 0 Å². The Labute approximate surface area is 106 Å². The number of esters is 1. The Bertz CT molecular complexity index is 207. The van der Waals surface area contributed by atoms with Gasteiger partial charge in [-0.15, -0.1) is 0 Å². The van der Waals surface area contributed by atoms with Crippen molar-refractivity contribution in [3.8, 4) is 0 Å². The molecule has 0 aromatic rings. The van der Waals surface area contributed by atoms with Crippen LogP contribution in [0, 0.1) is 5.92 Å². The summed E-state index contributed by atoms with van der Waals surface area (Å²) in [6.07, 6.45) is 1.06. The highest BCUT2D eigenvalue weighted by Gasteiger charge is 2.19. The molecule has 0 saturated heterocycles. The average Bonchev–Trinajstić information content (AvgIpc) is 2.15. The lowest BCUT2D eigenvalue weighted by molar-refractivity contribution is -0.145. The highest BCUT2D eigenvalue weighted by Crippen LogP contribution is 2.07. The number of hydrogen-bond acceptors (Lipinski definition) is 4. The van der Waals surface area contributed by atoms with Crippen molar-refractivity contribution in [1.82, 2.24) is 10.2 Å². The second-order valence-electron chi connectivity index (χ2n) is 5.23. The minimum absolute atomic E-state index is 0.167. The zero-order valence-corrected chi connectivity index (χ0v) is 12.1. The van der Waals surface area contributed by atoms with Gasteiger partial charge in [0.2, 0.25) is 0 Å². The second kappa shape index (κ2) is 8.48. The molecule has 2 atom stereocenters. The number of nitrogens with one attached hydrogen (secondary N) is 1. The van der Waals surface area contributed by atoms with Crippen molar-refractivity contribution in [2.24, 2.45) is 5.92 Å². The van der Waals surface area contributed by atoms with Crippen LogP contribution in [0.15, 0.2) is 0 Å². The van der Waals surface area contributed by atoms with E-state index in [0.717, 1.165) is 13.0 Å². The molecule has 0 aliphatic carbocycles. The summed E-state index contributed by atoms with van der Waals surface area (Å²) in [5.74, 6) is 0.446. The Kier molecular flexibility index (Phi) is 8.17. The van der Waals surface area contributed by atoms with Crippen LogP contribution in [0.4, 0.5) is 0 Å². The molecule has 0 rings (SSSR count). The van der Waals surface area contributed by atoms with Crippen molar-refractivity contribution in [3.63, 3.8) is 0 Å². The summed E-state index contributed by atoms with van der Waals surface area (Å²) in [4.78, 5) is 13.7. The fraction of sp³-hybridized carbons (Fsp3) is 0.923. The number of carbonyl (C=O) groups excluding carboxylic acids is 1. The maximum atomic E-state index is 11.6. The molecule has 0 aromatic carbocycles. The van der Waals surface area contributed by atoms with E-state index in [2.05, 4.69) is 24.1 Å². The van der Waals surface area contributed by atoms with Crippen LogP contribution in [-0.2, 0) is 9.53 Å². The zero-order chi connectivity index (χ0) is 13.4. The summed E-state index contributed by atoms with van der Waals surface area (Å²) < 4.78 is 5.00. The van der Waals surface area contributed by atoms with E-state index in [-0.39, 0.29) is 12.0 Å². The molecule has 0 aliphatic rings. The van der Waals surface area contributed by atoms with E-state index in [0.29, 0.717) is 18.6 Å². The minimum atomic E-state index is -0.237. The van der Waals surface area contributed by atoms with Crippen molar-refractivity contribution in [2.75, 3.05) is 27.2 Å². The molecule has 4 heteroatoms. The fourth-order valence-corrected chi connectivity index (χ4v) is 1.89. The molecule has 1 N–H and O–H groups in total. The normalized spacial score (nSPS) is 15.1. The third-order valence-electron chi connectivity index (χ3n) is 2.47. The smallest absolute Gasteiger partial charge is 0.322 e. The number of rotatable bonds is 8. The van der Waals surface area contributed by atoms with Crippen molar-refractivity contribution < 1.29 is 9.53 Å². The summed E-state index contributed by atoms with van der Waals surface area (Å²) in [5.41, 5.74) is 0. The van der Waals surface area contributed by atoms with E-state index in [1.807, 2.05) is 27.9 Å². The van der Waals surface area contributed by atoms with Gasteiger partial charge in [-0.2, -0.15) is 0 Å². The molecule has 0 saturated carbocycles. The van der Waals surface area contributed by atoms with Gasteiger partial charge < -0.3 is 15.0 Å². The SMILES string of the molecule is CCOC(=O)C(C)NC(CC(C)C)CN(C)C. The maximum Gasteiger partial charge on any atom is 0.322 e. The van der Waals surface area contributed by atoms with Gasteiger partial charge in [0, 0.05) is 12.6 Å². The van der Waals surface area contributed by atoms with E-state index < -0.39 is 0 Å². The topological polar surface area (TPSA) is 41.6 Å². The molecule has 17 heavy (non-hydrogen) atoms. The van der Waals surface area contributed by atoms with Gasteiger partial charge in [-0.25, -0.2) is 0 Å². The standard InChI is InChI=1S/C13H28N2O2/c1-7-17-13(16)11(4)14-12(8-10(2)3)9-15(5)6/h10-12,14H,7-9H2,1-6H3. The van der Waals surface area contributed by atoms with Gasteiger partial charge in [0.1, 0.15) is 6.04 Å². The largest absolute Gasteiger partial charge is 0.465 e. The Morgan fingerprint density at radius 1 is 1.29 bits per heavy atom. The van der Waals surface area contributed by atoms with Crippen molar-refractivity contribution in [2.45, 2.75) is 46.2 Å². The Hall–Kier alpha value is -0.610. The molecule has 0 aromatic heterocycles. The van der Waals surface area contributed by atoms with Gasteiger partial charge in [0.25, 0.3) is 0 Å². The molecule has 0 amide bonds. The average molecular weight is 244 g/mol. The van der Waals surface area contributed by atoms with Crippen LogP contribution in [0.25, 0.3) is 0 Å². The van der Waals surface area contributed by atoms with Gasteiger partial charge in [-0.3, -0.25) is 4.79 Å². The fourth-order valence-electron chi connectivity index (χ4n) is 1.89. The molecule has 0 aliphatic heterocycles.